The number of fused-ring (bicyclic) bond motifs is 1. The van der Waals surface area contributed by atoms with Crippen molar-refractivity contribution < 1.29 is 9.47 Å². The summed E-state index contributed by atoms with van der Waals surface area (Å²) in [5, 5.41) is 0.909. The molecular formula is C13H17N3O2. The van der Waals surface area contributed by atoms with Gasteiger partial charge >= 0.3 is 0 Å². The van der Waals surface area contributed by atoms with Crippen molar-refractivity contribution in [3.63, 3.8) is 0 Å². The molecule has 0 saturated heterocycles. The van der Waals surface area contributed by atoms with Gasteiger partial charge in [-0.1, -0.05) is 0 Å². The van der Waals surface area contributed by atoms with E-state index in [2.05, 4.69) is 10.4 Å². The lowest BCUT2D eigenvalue weighted by Gasteiger charge is -2.13. The van der Waals surface area contributed by atoms with Crippen molar-refractivity contribution in [3.8, 4) is 11.5 Å². The number of aromatic nitrogens is 1. The molecule has 0 fully saturated rings. The molecule has 1 heterocycles. The first-order chi connectivity index (χ1) is 8.80. The average molecular weight is 247 g/mol. The molecule has 0 aliphatic rings. The fourth-order valence-electron chi connectivity index (χ4n) is 1.82. The highest BCUT2D eigenvalue weighted by Crippen LogP contribution is 2.34. The molecule has 1 aromatic heterocycles. The standard InChI is InChI=1S/C13H17N3O2/c1-3-17-12-7-9-10(16-14)5-6-15-11(9)8-13(12)18-4-2/h5-8H,3-4,14H2,1-2H3,(H,15,16). The predicted molar refractivity (Wildman–Crippen MR) is 71.9 cm³/mol. The van der Waals surface area contributed by atoms with Crippen molar-refractivity contribution in [2.75, 3.05) is 18.6 Å². The Labute approximate surface area is 106 Å². The van der Waals surface area contributed by atoms with E-state index in [9.17, 15) is 0 Å². The van der Waals surface area contributed by atoms with Crippen LogP contribution in [0.4, 0.5) is 5.69 Å². The summed E-state index contributed by atoms with van der Waals surface area (Å²) in [7, 11) is 0. The maximum absolute atomic E-state index is 5.58. The number of nitrogens with two attached hydrogens (primary N) is 1. The zero-order valence-corrected chi connectivity index (χ0v) is 10.6. The molecule has 18 heavy (non-hydrogen) atoms. The number of rotatable bonds is 5. The van der Waals surface area contributed by atoms with Gasteiger partial charge in [-0.25, -0.2) is 0 Å². The van der Waals surface area contributed by atoms with Crippen LogP contribution in [0.15, 0.2) is 24.4 Å². The van der Waals surface area contributed by atoms with Crippen LogP contribution in [0.5, 0.6) is 11.5 Å². The smallest absolute Gasteiger partial charge is 0.163 e. The summed E-state index contributed by atoms with van der Waals surface area (Å²) in [6.07, 6.45) is 1.70. The zero-order chi connectivity index (χ0) is 13.0. The van der Waals surface area contributed by atoms with Crippen molar-refractivity contribution in [1.29, 1.82) is 0 Å². The minimum Gasteiger partial charge on any atom is -0.490 e. The molecule has 2 rings (SSSR count). The number of hydrogen-bond acceptors (Lipinski definition) is 5. The molecule has 0 aliphatic carbocycles. The average Bonchev–Trinajstić information content (AvgIpc) is 2.39. The Kier molecular flexibility index (Phi) is 3.84. The van der Waals surface area contributed by atoms with Crippen LogP contribution in [0.1, 0.15) is 13.8 Å². The van der Waals surface area contributed by atoms with E-state index in [0.29, 0.717) is 24.7 Å². The van der Waals surface area contributed by atoms with Gasteiger partial charge in [0.2, 0.25) is 0 Å². The van der Waals surface area contributed by atoms with E-state index >= 15 is 0 Å². The van der Waals surface area contributed by atoms with Crippen LogP contribution in [0, 0.1) is 0 Å². The second-order valence-electron chi connectivity index (χ2n) is 3.68. The van der Waals surface area contributed by atoms with Crippen LogP contribution in [0.3, 0.4) is 0 Å². The molecule has 0 unspecified atom stereocenters. The van der Waals surface area contributed by atoms with Crippen LogP contribution in [-0.4, -0.2) is 18.2 Å². The molecular weight excluding hydrogens is 230 g/mol. The summed E-state index contributed by atoms with van der Waals surface area (Å²) in [6.45, 7) is 5.04. The molecule has 2 aromatic rings. The number of nitrogens with one attached hydrogen (secondary N) is 1. The fourth-order valence-corrected chi connectivity index (χ4v) is 1.82. The van der Waals surface area contributed by atoms with E-state index in [0.717, 1.165) is 16.6 Å². The molecule has 3 N–H and O–H groups in total. The third-order valence-corrected chi connectivity index (χ3v) is 2.56. The Morgan fingerprint density at radius 1 is 1.17 bits per heavy atom. The van der Waals surface area contributed by atoms with Gasteiger partial charge in [-0.2, -0.15) is 0 Å². The number of nitrogen functional groups attached to an aromatic ring is 1. The summed E-state index contributed by atoms with van der Waals surface area (Å²) >= 11 is 0. The minimum absolute atomic E-state index is 0.581. The van der Waals surface area contributed by atoms with E-state index in [1.54, 1.807) is 6.20 Å². The van der Waals surface area contributed by atoms with Gasteiger partial charge in [0.25, 0.3) is 0 Å². The maximum Gasteiger partial charge on any atom is 0.163 e. The van der Waals surface area contributed by atoms with Crippen molar-refractivity contribution >= 4 is 16.6 Å². The number of nitrogens with zero attached hydrogens (tertiary/aromatic N) is 1. The van der Waals surface area contributed by atoms with E-state index in [4.69, 9.17) is 15.3 Å². The lowest BCUT2D eigenvalue weighted by atomic mass is 10.1. The summed E-state index contributed by atoms with van der Waals surface area (Å²) in [5.41, 5.74) is 4.28. The predicted octanol–water partition coefficient (Wildman–Crippen LogP) is 2.32. The first-order valence-corrected chi connectivity index (χ1v) is 5.95. The highest BCUT2D eigenvalue weighted by atomic mass is 16.5. The van der Waals surface area contributed by atoms with Gasteiger partial charge in [0, 0.05) is 17.6 Å². The van der Waals surface area contributed by atoms with Gasteiger partial charge in [0.15, 0.2) is 11.5 Å². The van der Waals surface area contributed by atoms with Crippen molar-refractivity contribution in [2.45, 2.75) is 13.8 Å². The topological polar surface area (TPSA) is 69.4 Å². The van der Waals surface area contributed by atoms with E-state index in [1.807, 2.05) is 32.0 Å². The second kappa shape index (κ2) is 5.55. The number of anilines is 1. The van der Waals surface area contributed by atoms with Crippen LogP contribution in [-0.2, 0) is 0 Å². The van der Waals surface area contributed by atoms with Gasteiger partial charge in [0.05, 0.1) is 24.4 Å². The van der Waals surface area contributed by atoms with Gasteiger partial charge in [-0.15, -0.1) is 0 Å². The van der Waals surface area contributed by atoms with Gasteiger partial charge in [0.1, 0.15) is 0 Å². The molecule has 96 valence electrons. The normalized spacial score (nSPS) is 10.4. The molecule has 0 atom stereocenters. The third kappa shape index (κ3) is 2.31. The van der Waals surface area contributed by atoms with Gasteiger partial charge in [-0.05, 0) is 26.0 Å². The Morgan fingerprint density at radius 2 is 1.83 bits per heavy atom. The molecule has 0 saturated carbocycles. The highest BCUT2D eigenvalue weighted by Gasteiger charge is 2.10. The molecule has 5 nitrogen and oxygen atoms in total. The maximum atomic E-state index is 5.58. The van der Waals surface area contributed by atoms with Crippen LogP contribution in [0.25, 0.3) is 10.9 Å². The molecule has 0 amide bonds. The molecule has 0 aliphatic heterocycles. The van der Waals surface area contributed by atoms with Crippen LogP contribution >= 0.6 is 0 Å². The molecule has 0 radical (unpaired) electrons. The Bertz CT molecular complexity index is 543. The largest absolute Gasteiger partial charge is 0.490 e. The number of ether oxygens (including phenoxy) is 2. The lowest BCUT2D eigenvalue weighted by Crippen LogP contribution is -2.07. The van der Waals surface area contributed by atoms with Crippen molar-refractivity contribution in [1.82, 2.24) is 4.98 Å². The van der Waals surface area contributed by atoms with E-state index in [-0.39, 0.29) is 0 Å². The number of hydrogen-bond donors (Lipinski definition) is 2. The minimum atomic E-state index is 0.581. The van der Waals surface area contributed by atoms with E-state index < -0.39 is 0 Å². The van der Waals surface area contributed by atoms with E-state index in [1.165, 1.54) is 0 Å². The molecule has 5 heteroatoms. The second-order valence-corrected chi connectivity index (χ2v) is 3.68. The molecule has 0 bridgehead atoms. The Hall–Kier alpha value is -2.01. The third-order valence-electron chi connectivity index (χ3n) is 2.56. The zero-order valence-electron chi connectivity index (χ0n) is 10.6. The van der Waals surface area contributed by atoms with Crippen LogP contribution in [0.2, 0.25) is 0 Å². The lowest BCUT2D eigenvalue weighted by molar-refractivity contribution is 0.288. The Morgan fingerprint density at radius 3 is 2.44 bits per heavy atom. The van der Waals surface area contributed by atoms with Crippen LogP contribution < -0.4 is 20.7 Å². The van der Waals surface area contributed by atoms with Crippen molar-refractivity contribution in [2.24, 2.45) is 5.84 Å². The number of hydrazine groups is 1. The SMILES string of the molecule is CCOc1cc2nccc(NN)c2cc1OCC. The monoisotopic (exact) mass is 247 g/mol. The summed E-state index contributed by atoms with van der Waals surface area (Å²) in [6, 6.07) is 5.58. The highest BCUT2D eigenvalue weighted by molar-refractivity contribution is 5.93. The summed E-state index contributed by atoms with van der Waals surface area (Å²) < 4.78 is 11.1. The van der Waals surface area contributed by atoms with Crippen molar-refractivity contribution in [3.05, 3.63) is 24.4 Å². The summed E-state index contributed by atoms with van der Waals surface area (Å²) in [5.74, 6) is 6.89. The van der Waals surface area contributed by atoms with Gasteiger partial charge in [-0.3, -0.25) is 10.8 Å². The molecule has 0 spiro atoms. The quantitative estimate of drug-likeness (QED) is 0.627. The molecule has 1 aromatic carbocycles. The Balaban J connectivity index is 2.60. The first kappa shape index (κ1) is 12.4. The first-order valence-electron chi connectivity index (χ1n) is 5.95. The van der Waals surface area contributed by atoms with Gasteiger partial charge < -0.3 is 14.9 Å². The fraction of sp³-hybridized carbons (Fsp3) is 0.308. The number of pyridine rings is 1. The summed E-state index contributed by atoms with van der Waals surface area (Å²) in [4.78, 5) is 4.30. The number of benzene rings is 1.